The van der Waals surface area contributed by atoms with Crippen molar-refractivity contribution in [3.8, 4) is 0 Å². The number of hydrogen-bond acceptors (Lipinski definition) is 4. The molecular formula is C22H22ClN3O3. The molecule has 4 rings (SSSR count). The molecule has 7 heteroatoms. The molecule has 2 atom stereocenters. The molecule has 0 radical (unpaired) electrons. The van der Waals surface area contributed by atoms with Gasteiger partial charge in [0.05, 0.1) is 5.71 Å². The van der Waals surface area contributed by atoms with E-state index in [1.807, 2.05) is 42.5 Å². The summed E-state index contributed by atoms with van der Waals surface area (Å²) in [4.78, 5) is 30.8. The van der Waals surface area contributed by atoms with Crippen LogP contribution < -0.4 is 10.6 Å². The van der Waals surface area contributed by atoms with Crippen molar-refractivity contribution in [2.24, 2.45) is 5.16 Å². The van der Waals surface area contributed by atoms with Crippen molar-refractivity contribution in [3.05, 3.63) is 70.7 Å². The van der Waals surface area contributed by atoms with Gasteiger partial charge in [0.15, 0.2) is 0 Å². The highest BCUT2D eigenvalue weighted by Gasteiger charge is 2.33. The van der Waals surface area contributed by atoms with E-state index < -0.39 is 12.1 Å². The van der Waals surface area contributed by atoms with Gasteiger partial charge in [0.1, 0.15) is 6.04 Å². The largest absolute Gasteiger partial charge is 0.382 e. The second kappa shape index (κ2) is 8.66. The van der Waals surface area contributed by atoms with Gasteiger partial charge in [-0.1, -0.05) is 59.2 Å². The molecule has 0 bridgehead atoms. The summed E-state index contributed by atoms with van der Waals surface area (Å²) in [5, 5.41) is 10.5. The Kier molecular flexibility index (Phi) is 5.81. The van der Waals surface area contributed by atoms with Crippen molar-refractivity contribution < 1.29 is 14.4 Å². The molecule has 6 nitrogen and oxygen atoms in total. The van der Waals surface area contributed by atoms with E-state index in [0.29, 0.717) is 23.6 Å². The lowest BCUT2D eigenvalue weighted by atomic mass is 10.0. The van der Waals surface area contributed by atoms with E-state index in [1.165, 1.54) is 0 Å². The molecule has 2 amide bonds. The molecule has 2 aromatic carbocycles. The number of oxime groups is 1. The summed E-state index contributed by atoms with van der Waals surface area (Å²) >= 11 is 5.92. The van der Waals surface area contributed by atoms with Crippen molar-refractivity contribution in [1.29, 1.82) is 0 Å². The van der Waals surface area contributed by atoms with Crippen molar-refractivity contribution in [2.75, 3.05) is 0 Å². The molecule has 0 aromatic heterocycles. The van der Waals surface area contributed by atoms with Crippen LogP contribution in [0.3, 0.4) is 0 Å². The molecule has 2 aliphatic rings. The van der Waals surface area contributed by atoms with E-state index in [4.69, 9.17) is 16.4 Å². The summed E-state index contributed by atoms with van der Waals surface area (Å²) in [5.74, 6) is -0.508. The Morgan fingerprint density at radius 3 is 2.52 bits per heavy atom. The number of rotatable bonds is 7. The Bertz CT molecular complexity index is 911. The third kappa shape index (κ3) is 5.15. The lowest BCUT2D eigenvalue weighted by Crippen LogP contribution is -2.51. The zero-order valence-electron chi connectivity index (χ0n) is 15.8. The topological polar surface area (TPSA) is 79.8 Å². The number of nitrogens with one attached hydrogen (secondary N) is 2. The summed E-state index contributed by atoms with van der Waals surface area (Å²) < 4.78 is 0. The van der Waals surface area contributed by atoms with Crippen LogP contribution in [0.4, 0.5) is 0 Å². The first-order chi connectivity index (χ1) is 14.1. The zero-order chi connectivity index (χ0) is 20.2. The van der Waals surface area contributed by atoms with Crippen LogP contribution >= 0.6 is 11.6 Å². The Morgan fingerprint density at radius 2 is 1.83 bits per heavy atom. The molecule has 1 aliphatic carbocycles. The molecule has 0 saturated heterocycles. The standard InChI is InChI=1S/C22H22ClN3O3/c23-16-8-6-15(7-9-16)18-13-20(29-26-18)22(28)25-19(21(27)24-17-10-11-17)12-14-4-2-1-3-5-14/h1-9,17,19-20H,10-13H2,(H,24,27)(H,25,28). The van der Waals surface area contributed by atoms with Crippen LogP contribution in [0.1, 0.15) is 30.4 Å². The molecule has 0 spiro atoms. The summed E-state index contributed by atoms with van der Waals surface area (Å²) in [7, 11) is 0. The average molecular weight is 412 g/mol. The van der Waals surface area contributed by atoms with Gasteiger partial charge in [0.25, 0.3) is 5.91 Å². The Morgan fingerprint density at radius 1 is 1.10 bits per heavy atom. The third-order valence-electron chi connectivity index (χ3n) is 4.98. The molecule has 29 heavy (non-hydrogen) atoms. The van der Waals surface area contributed by atoms with Crippen molar-refractivity contribution >= 4 is 29.1 Å². The quantitative estimate of drug-likeness (QED) is 0.735. The van der Waals surface area contributed by atoms with Gasteiger partial charge in [0.2, 0.25) is 12.0 Å². The maximum Gasteiger partial charge on any atom is 0.265 e. The van der Waals surface area contributed by atoms with Crippen LogP contribution in [0.5, 0.6) is 0 Å². The van der Waals surface area contributed by atoms with Crippen molar-refractivity contribution in [1.82, 2.24) is 10.6 Å². The lowest BCUT2D eigenvalue weighted by Gasteiger charge is -2.20. The minimum atomic E-state index is -0.757. The van der Waals surface area contributed by atoms with Gasteiger partial charge in [-0.3, -0.25) is 9.59 Å². The van der Waals surface area contributed by atoms with Gasteiger partial charge in [-0.25, -0.2) is 0 Å². The molecule has 150 valence electrons. The Balaban J connectivity index is 1.39. The van der Waals surface area contributed by atoms with E-state index in [-0.39, 0.29) is 17.9 Å². The minimum absolute atomic E-state index is 0.165. The van der Waals surface area contributed by atoms with Gasteiger partial charge in [-0.05, 0) is 36.1 Å². The molecule has 2 aromatic rings. The summed E-state index contributed by atoms with van der Waals surface area (Å²) in [6.45, 7) is 0. The lowest BCUT2D eigenvalue weighted by molar-refractivity contribution is -0.135. The number of halogens is 1. The number of carbonyl (C=O) groups is 2. The predicted molar refractivity (Wildman–Crippen MR) is 111 cm³/mol. The first-order valence-corrected chi connectivity index (χ1v) is 10.1. The van der Waals surface area contributed by atoms with Crippen LogP contribution in [0.25, 0.3) is 0 Å². The molecule has 2 N–H and O–H groups in total. The fraction of sp³-hybridized carbons (Fsp3) is 0.318. The maximum absolute atomic E-state index is 12.8. The molecule has 1 heterocycles. The van der Waals surface area contributed by atoms with E-state index in [1.54, 1.807) is 12.1 Å². The number of carbonyl (C=O) groups excluding carboxylic acids is 2. The fourth-order valence-corrected chi connectivity index (χ4v) is 3.31. The first-order valence-electron chi connectivity index (χ1n) is 9.72. The predicted octanol–water partition coefficient (Wildman–Crippen LogP) is 2.84. The second-order valence-electron chi connectivity index (χ2n) is 7.38. The molecule has 2 unspecified atom stereocenters. The summed E-state index contributed by atoms with van der Waals surface area (Å²) in [6, 6.07) is 16.4. The fourth-order valence-electron chi connectivity index (χ4n) is 3.18. The molecular weight excluding hydrogens is 390 g/mol. The normalized spacial score (nSPS) is 19.1. The van der Waals surface area contributed by atoms with Gasteiger partial charge in [-0.15, -0.1) is 0 Å². The van der Waals surface area contributed by atoms with Gasteiger partial charge < -0.3 is 15.5 Å². The number of amides is 2. The van der Waals surface area contributed by atoms with Gasteiger partial charge in [0, 0.05) is 23.9 Å². The van der Waals surface area contributed by atoms with Crippen LogP contribution in [-0.2, 0) is 20.8 Å². The number of benzene rings is 2. The van der Waals surface area contributed by atoms with Crippen LogP contribution in [0, 0.1) is 0 Å². The highest BCUT2D eigenvalue weighted by Crippen LogP contribution is 2.20. The van der Waals surface area contributed by atoms with E-state index in [0.717, 1.165) is 24.0 Å². The minimum Gasteiger partial charge on any atom is -0.382 e. The molecule has 1 aliphatic heterocycles. The number of nitrogens with zero attached hydrogens (tertiary/aromatic N) is 1. The maximum atomic E-state index is 12.8. The molecule has 1 saturated carbocycles. The first kappa shape index (κ1) is 19.5. The Hall–Kier alpha value is -2.86. The van der Waals surface area contributed by atoms with Crippen LogP contribution in [0.2, 0.25) is 5.02 Å². The van der Waals surface area contributed by atoms with Crippen molar-refractivity contribution in [2.45, 2.75) is 43.9 Å². The van der Waals surface area contributed by atoms with Gasteiger partial charge >= 0.3 is 0 Å². The smallest absolute Gasteiger partial charge is 0.265 e. The molecule has 1 fully saturated rings. The second-order valence-corrected chi connectivity index (χ2v) is 7.81. The highest BCUT2D eigenvalue weighted by molar-refractivity contribution is 6.30. The Labute approximate surface area is 174 Å². The van der Waals surface area contributed by atoms with E-state index in [2.05, 4.69) is 15.8 Å². The van der Waals surface area contributed by atoms with E-state index in [9.17, 15) is 9.59 Å². The highest BCUT2D eigenvalue weighted by atomic mass is 35.5. The van der Waals surface area contributed by atoms with Crippen LogP contribution in [0.15, 0.2) is 59.8 Å². The van der Waals surface area contributed by atoms with E-state index >= 15 is 0 Å². The zero-order valence-corrected chi connectivity index (χ0v) is 16.6. The monoisotopic (exact) mass is 411 g/mol. The van der Waals surface area contributed by atoms with Crippen molar-refractivity contribution in [3.63, 3.8) is 0 Å². The SMILES string of the molecule is O=C(NC1CC1)C(Cc1ccccc1)NC(=O)C1CC(c2ccc(Cl)cc2)=NO1. The average Bonchev–Trinajstić information content (AvgIpc) is 3.40. The summed E-state index contributed by atoms with van der Waals surface area (Å²) in [6.07, 6.45) is 1.98. The summed E-state index contributed by atoms with van der Waals surface area (Å²) in [5.41, 5.74) is 2.52. The van der Waals surface area contributed by atoms with Crippen LogP contribution in [-0.4, -0.2) is 35.7 Å². The number of hydrogen-bond donors (Lipinski definition) is 2. The van der Waals surface area contributed by atoms with Gasteiger partial charge in [-0.2, -0.15) is 0 Å². The third-order valence-corrected chi connectivity index (χ3v) is 5.23.